The zero-order valence-electron chi connectivity index (χ0n) is 25.1. The fourth-order valence-corrected chi connectivity index (χ4v) is 5.38. The Balaban J connectivity index is 1.70. The van der Waals surface area contributed by atoms with Gasteiger partial charge in [-0.3, -0.25) is 4.79 Å². The molecule has 5 nitrogen and oxygen atoms in total. The fraction of sp³-hybridized carbons (Fsp3) is 0.559. The largest absolute Gasteiger partial charge is 0.491 e. The lowest BCUT2D eigenvalue weighted by Gasteiger charge is -2.33. The molecule has 5 heteroatoms. The molecule has 0 fully saturated rings. The topological polar surface area (TPSA) is 60.7 Å². The average molecular weight is 536 g/mol. The molecule has 0 spiro atoms. The molecule has 0 bridgehead atoms. The van der Waals surface area contributed by atoms with Gasteiger partial charge in [-0.05, 0) is 73.9 Å². The second kappa shape index (κ2) is 14.0. The van der Waals surface area contributed by atoms with Gasteiger partial charge in [0.2, 0.25) is 0 Å². The molecule has 2 aromatic carbocycles. The summed E-state index contributed by atoms with van der Waals surface area (Å²) in [6.07, 6.45) is 4.29. The van der Waals surface area contributed by atoms with Crippen LogP contribution in [0.15, 0.2) is 48.5 Å². The molecule has 2 atom stereocenters. The predicted molar refractivity (Wildman–Crippen MR) is 161 cm³/mol. The first-order valence-electron chi connectivity index (χ1n) is 14.8. The third kappa shape index (κ3) is 7.66. The molecule has 0 aliphatic rings. The molecule has 0 saturated carbocycles. The second-order valence-corrected chi connectivity index (χ2v) is 11.9. The van der Waals surface area contributed by atoms with Crippen molar-refractivity contribution in [3.8, 4) is 17.0 Å². The van der Waals surface area contributed by atoms with Crippen LogP contribution in [0.3, 0.4) is 0 Å². The lowest BCUT2D eigenvalue weighted by Crippen LogP contribution is -2.38. The van der Waals surface area contributed by atoms with E-state index >= 15 is 0 Å². The van der Waals surface area contributed by atoms with Crippen molar-refractivity contribution in [1.82, 2.24) is 4.57 Å². The van der Waals surface area contributed by atoms with E-state index in [2.05, 4.69) is 74.7 Å². The van der Waals surface area contributed by atoms with Gasteiger partial charge in [-0.1, -0.05) is 72.6 Å². The van der Waals surface area contributed by atoms with Gasteiger partial charge in [0.25, 0.3) is 0 Å². The van der Waals surface area contributed by atoms with E-state index in [9.17, 15) is 9.90 Å². The first-order chi connectivity index (χ1) is 18.6. The summed E-state index contributed by atoms with van der Waals surface area (Å²) in [6, 6.07) is 17.0. The third-order valence-corrected chi connectivity index (χ3v) is 7.95. The molecule has 39 heavy (non-hydrogen) atoms. The molecule has 0 amide bonds. The summed E-state index contributed by atoms with van der Waals surface area (Å²) in [5.74, 6) is 0.988. The van der Waals surface area contributed by atoms with Crippen molar-refractivity contribution < 1.29 is 19.4 Å². The van der Waals surface area contributed by atoms with Gasteiger partial charge in [-0.25, -0.2) is 0 Å². The summed E-state index contributed by atoms with van der Waals surface area (Å²) < 4.78 is 14.0. The molecule has 0 saturated heterocycles. The highest BCUT2D eigenvalue weighted by Crippen LogP contribution is 2.36. The Kier molecular flexibility index (Phi) is 11.1. The van der Waals surface area contributed by atoms with Crippen molar-refractivity contribution in [2.75, 3.05) is 13.2 Å². The number of ether oxygens (including phenoxy) is 2. The summed E-state index contributed by atoms with van der Waals surface area (Å²) >= 11 is 0. The Hall–Kier alpha value is -2.79. The molecule has 1 heterocycles. The zero-order valence-corrected chi connectivity index (χ0v) is 25.1. The van der Waals surface area contributed by atoms with Crippen molar-refractivity contribution in [2.24, 2.45) is 17.3 Å². The van der Waals surface area contributed by atoms with Gasteiger partial charge in [0.05, 0.1) is 5.41 Å². The molecule has 3 aromatic rings. The maximum atomic E-state index is 12.9. The number of rotatable bonds is 15. The van der Waals surface area contributed by atoms with Crippen LogP contribution in [-0.2, 0) is 22.5 Å². The number of aliphatic hydroxyl groups excluding tert-OH is 1. The van der Waals surface area contributed by atoms with Crippen molar-refractivity contribution in [2.45, 2.75) is 93.2 Å². The van der Waals surface area contributed by atoms with Crippen LogP contribution in [-0.4, -0.2) is 35.0 Å². The summed E-state index contributed by atoms with van der Waals surface area (Å²) in [5.41, 5.74) is 4.35. The lowest BCUT2D eigenvalue weighted by molar-refractivity contribution is -0.162. The van der Waals surface area contributed by atoms with Gasteiger partial charge in [0.15, 0.2) is 0 Å². The fourth-order valence-electron chi connectivity index (χ4n) is 5.38. The van der Waals surface area contributed by atoms with E-state index in [-0.39, 0.29) is 25.1 Å². The van der Waals surface area contributed by atoms with Crippen molar-refractivity contribution in [1.29, 1.82) is 0 Å². The van der Waals surface area contributed by atoms with Crippen molar-refractivity contribution in [3.05, 3.63) is 54.1 Å². The molecule has 214 valence electrons. The van der Waals surface area contributed by atoms with Crippen LogP contribution in [0.5, 0.6) is 5.75 Å². The first-order valence-corrected chi connectivity index (χ1v) is 14.8. The number of aromatic nitrogens is 1. The number of unbranched alkanes of at least 4 members (excludes halogenated alkanes) is 2. The van der Waals surface area contributed by atoms with Crippen molar-refractivity contribution in [3.63, 3.8) is 0 Å². The molecule has 3 rings (SSSR count). The van der Waals surface area contributed by atoms with E-state index in [0.717, 1.165) is 25.8 Å². The SMILES string of the molecule is CCCCCn1c(-c2ccc(OCC(O)COC(=O)C(C)(CC(C)C)C(C)C)cc2CC)cc2ccccc21. The summed E-state index contributed by atoms with van der Waals surface area (Å²) in [7, 11) is 0. The second-order valence-electron chi connectivity index (χ2n) is 11.9. The predicted octanol–water partition coefficient (Wildman–Crippen LogP) is 8.05. The minimum atomic E-state index is -0.893. The molecule has 0 aliphatic carbocycles. The van der Waals surface area contributed by atoms with E-state index in [4.69, 9.17) is 9.47 Å². The quantitative estimate of drug-likeness (QED) is 0.158. The number of carbonyl (C=O) groups is 1. The maximum absolute atomic E-state index is 12.9. The molecule has 1 aromatic heterocycles. The molecule has 2 unspecified atom stereocenters. The monoisotopic (exact) mass is 535 g/mol. The Morgan fingerprint density at radius 1 is 1.00 bits per heavy atom. The Morgan fingerprint density at radius 3 is 2.41 bits per heavy atom. The molecule has 1 N–H and O–H groups in total. The van der Waals surface area contributed by atoms with Crippen LogP contribution in [0.2, 0.25) is 0 Å². The number of aryl methyl sites for hydroxylation is 2. The summed E-state index contributed by atoms with van der Waals surface area (Å²) in [6.45, 7) is 15.6. The van der Waals surface area contributed by atoms with Gasteiger partial charge in [0, 0.05) is 28.7 Å². The third-order valence-electron chi connectivity index (χ3n) is 7.95. The number of hydrogen-bond acceptors (Lipinski definition) is 4. The minimum Gasteiger partial charge on any atom is -0.491 e. The molecular formula is C34H49NO4. The van der Waals surface area contributed by atoms with E-state index in [1.807, 2.05) is 26.8 Å². The smallest absolute Gasteiger partial charge is 0.312 e. The highest BCUT2D eigenvalue weighted by Gasteiger charge is 2.38. The minimum absolute atomic E-state index is 0.0651. The number of carbonyl (C=O) groups excluding carboxylic acids is 1. The average Bonchev–Trinajstić information content (AvgIpc) is 3.28. The van der Waals surface area contributed by atoms with Crippen molar-refractivity contribution >= 4 is 16.9 Å². The summed E-state index contributed by atoms with van der Waals surface area (Å²) in [4.78, 5) is 12.9. The number of aliphatic hydroxyl groups is 1. The molecule has 0 radical (unpaired) electrons. The summed E-state index contributed by atoms with van der Waals surface area (Å²) in [5, 5.41) is 11.8. The van der Waals surface area contributed by atoms with Crippen LogP contribution >= 0.6 is 0 Å². The normalized spacial score (nSPS) is 14.1. The van der Waals surface area contributed by atoms with Gasteiger partial charge in [0.1, 0.15) is 25.1 Å². The van der Waals surface area contributed by atoms with Crippen LogP contribution in [0, 0.1) is 17.3 Å². The van der Waals surface area contributed by atoms with E-state index in [1.165, 1.54) is 40.6 Å². The first kappa shape index (κ1) is 30.7. The van der Waals surface area contributed by atoms with Crippen LogP contribution in [0.25, 0.3) is 22.2 Å². The standard InChI is InChI=1S/C34H49NO4/c1-8-10-13-18-35-31-15-12-11-14-27(31)20-32(35)30-17-16-29(19-26(30)9-2)38-22-28(36)23-39-33(37)34(7,25(5)6)21-24(3)4/h11-12,14-17,19-20,24-25,28,36H,8-10,13,18,21-23H2,1-7H3. The van der Waals surface area contributed by atoms with Crippen LogP contribution in [0.4, 0.5) is 0 Å². The highest BCUT2D eigenvalue weighted by molar-refractivity contribution is 5.87. The van der Waals surface area contributed by atoms with E-state index in [0.29, 0.717) is 11.7 Å². The van der Waals surface area contributed by atoms with Gasteiger partial charge >= 0.3 is 5.97 Å². The maximum Gasteiger partial charge on any atom is 0.312 e. The Bertz CT molecular complexity index is 1210. The Labute approximate surface area is 235 Å². The van der Waals surface area contributed by atoms with E-state index < -0.39 is 11.5 Å². The zero-order chi connectivity index (χ0) is 28.6. The van der Waals surface area contributed by atoms with Gasteiger partial charge in [-0.15, -0.1) is 0 Å². The lowest BCUT2D eigenvalue weighted by atomic mass is 9.73. The number of hydrogen-bond donors (Lipinski definition) is 1. The van der Waals surface area contributed by atoms with Crippen LogP contribution in [0.1, 0.15) is 79.7 Å². The molecule has 0 aliphatic heterocycles. The number of benzene rings is 2. The molecular weight excluding hydrogens is 486 g/mol. The number of nitrogens with zero attached hydrogens (tertiary/aromatic N) is 1. The number of para-hydroxylation sites is 1. The highest BCUT2D eigenvalue weighted by atomic mass is 16.5. The van der Waals surface area contributed by atoms with E-state index in [1.54, 1.807) is 0 Å². The van der Waals surface area contributed by atoms with Gasteiger partial charge in [-0.2, -0.15) is 0 Å². The van der Waals surface area contributed by atoms with Crippen LogP contribution < -0.4 is 4.74 Å². The Morgan fingerprint density at radius 2 is 1.74 bits per heavy atom. The number of esters is 1. The number of fused-ring (bicyclic) bond motifs is 1. The van der Waals surface area contributed by atoms with Gasteiger partial charge < -0.3 is 19.1 Å².